The van der Waals surface area contributed by atoms with Crippen molar-refractivity contribution in [1.29, 1.82) is 0 Å². The maximum Gasteiger partial charge on any atom is 0.303 e. The second-order valence-corrected chi connectivity index (χ2v) is 10.2. The summed E-state index contributed by atoms with van der Waals surface area (Å²) in [5, 5.41) is 17.5. The normalized spacial score (nSPS) is 11.0. The molecule has 5 heteroatoms. The highest BCUT2D eigenvalue weighted by atomic mass is 16.5. The molecule has 0 aromatic heterocycles. The molecule has 1 aromatic carbocycles. The first-order valence-electron chi connectivity index (χ1n) is 14.7. The fourth-order valence-electron chi connectivity index (χ4n) is 4.74. The van der Waals surface area contributed by atoms with Gasteiger partial charge in [-0.25, -0.2) is 0 Å². The van der Waals surface area contributed by atoms with Gasteiger partial charge in [0.15, 0.2) is 0 Å². The molecule has 0 atom stereocenters. The van der Waals surface area contributed by atoms with E-state index in [1.807, 2.05) is 0 Å². The van der Waals surface area contributed by atoms with Gasteiger partial charge in [0.2, 0.25) is 0 Å². The van der Waals surface area contributed by atoms with Gasteiger partial charge in [-0.3, -0.25) is 9.59 Å². The minimum Gasteiger partial charge on any atom is -0.493 e. The van der Waals surface area contributed by atoms with E-state index in [0.717, 1.165) is 89.4 Å². The van der Waals surface area contributed by atoms with Gasteiger partial charge in [-0.1, -0.05) is 96.1 Å². The van der Waals surface area contributed by atoms with E-state index >= 15 is 0 Å². The Labute approximate surface area is 220 Å². The van der Waals surface area contributed by atoms with Gasteiger partial charge in [-0.2, -0.15) is 0 Å². The number of carboxylic acid groups (broad SMARTS) is 2. The number of hydrogen-bond donors (Lipinski definition) is 2. The van der Waals surface area contributed by atoms with Crippen LogP contribution in [-0.2, 0) is 22.4 Å². The Kier molecular flexibility index (Phi) is 19.7. The first-order valence-corrected chi connectivity index (χ1v) is 14.7. The molecule has 0 aliphatic rings. The van der Waals surface area contributed by atoms with Gasteiger partial charge in [0.05, 0.1) is 6.61 Å². The predicted molar refractivity (Wildman–Crippen MR) is 148 cm³/mol. The summed E-state index contributed by atoms with van der Waals surface area (Å²) in [6.07, 6.45) is 21.7. The third-order valence-corrected chi connectivity index (χ3v) is 6.89. The van der Waals surface area contributed by atoms with Crippen LogP contribution in [0.15, 0.2) is 18.2 Å². The molecule has 1 aromatic rings. The topological polar surface area (TPSA) is 83.8 Å². The first-order chi connectivity index (χ1) is 17.5. The van der Waals surface area contributed by atoms with Crippen LogP contribution in [0.25, 0.3) is 0 Å². The van der Waals surface area contributed by atoms with Gasteiger partial charge in [-0.05, 0) is 62.1 Å². The van der Waals surface area contributed by atoms with Crippen molar-refractivity contribution in [2.24, 2.45) is 0 Å². The number of aliphatic carboxylic acids is 2. The Bertz CT molecular complexity index is 700. The zero-order chi connectivity index (χ0) is 26.3. The van der Waals surface area contributed by atoms with Gasteiger partial charge in [0, 0.05) is 12.8 Å². The summed E-state index contributed by atoms with van der Waals surface area (Å²) >= 11 is 0. The quantitative estimate of drug-likeness (QED) is 0.130. The Hall–Kier alpha value is -2.04. The summed E-state index contributed by atoms with van der Waals surface area (Å²) in [6.45, 7) is 3.03. The minimum atomic E-state index is -0.692. The number of rotatable bonds is 25. The molecule has 0 aliphatic carbocycles. The third-order valence-electron chi connectivity index (χ3n) is 6.89. The predicted octanol–water partition coefficient (Wildman–Crippen LogP) is 8.75. The molecule has 5 nitrogen and oxygen atoms in total. The van der Waals surface area contributed by atoms with E-state index in [9.17, 15) is 9.59 Å². The molecule has 206 valence electrons. The molecule has 0 radical (unpaired) electrons. The summed E-state index contributed by atoms with van der Waals surface area (Å²) in [5.74, 6) is -0.315. The Morgan fingerprint density at radius 1 is 0.639 bits per heavy atom. The molecular formula is C31H52O5. The van der Waals surface area contributed by atoms with Crippen LogP contribution >= 0.6 is 0 Å². The standard InChI is InChI=1S/C31H52O5/c1-2-3-4-13-18-26-36-29-23-19-21-27(20-14-9-5-7-11-16-24-30(32)33)28(29)22-15-10-6-8-12-17-25-31(34)35/h19,21,23H,2-18,20,22,24-26H2,1H3,(H,32,33)(H,34,35). The molecule has 2 N–H and O–H groups in total. The molecule has 1 rings (SSSR count). The summed E-state index contributed by atoms with van der Waals surface area (Å²) in [7, 11) is 0. The molecule has 0 bridgehead atoms. The van der Waals surface area contributed by atoms with E-state index in [1.54, 1.807) is 0 Å². The van der Waals surface area contributed by atoms with Crippen LogP contribution < -0.4 is 4.74 Å². The molecule has 36 heavy (non-hydrogen) atoms. The molecule has 0 saturated carbocycles. The average Bonchev–Trinajstić information content (AvgIpc) is 2.85. The highest BCUT2D eigenvalue weighted by Crippen LogP contribution is 2.27. The molecule has 0 unspecified atom stereocenters. The van der Waals surface area contributed by atoms with Crippen LogP contribution in [0, 0.1) is 0 Å². The van der Waals surface area contributed by atoms with E-state index in [0.29, 0.717) is 0 Å². The Morgan fingerprint density at radius 3 is 1.72 bits per heavy atom. The lowest BCUT2D eigenvalue weighted by atomic mass is 9.95. The number of benzene rings is 1. The highest BCUT2D eigenvalue weighted by molar-refractivity contribution is 5.66. The largest absolute Gasteiger partial charge is 0.493 e. The number of aryl methyl sites for hydroxylation is 1. The lowest BCUT2D eigenvalue weighted by Crippen LogP contribution is -2.04. The SMILES string of the molecule is CCCCCCCOc1cccc(CCCCCCCCC(=O)O)c1CCCCCCCCC(=O)O. The Morgan fingerprint density at radius 2 is 1.14 bits per heavy atom. The van der Waals surface area contributed by atoms with Crippen LogP contribution in [0.5, 0.6) is 5.75 Å². The summed E-state index contributed by atoms with van der Waals surface area (Å²) in [4.78, 5) is 21.3. The van der Waals surface area contributed by atoms with Crippen molar-refractivity contribution in [1.82, 2.24) is 0 Å². The van der Waals surface area contributed by atoms with Crippen LogP contribution in [0.3, 0.4) is 0 Å². The van der Waals surface area contributed by atoms with Crippen molar-refractivity contribution in [3.8, 4) is 5.75 Å². The maximum atomic E-state index is 10.6. The van der Waals surface area contributed by atoms with E-state index in [1.165, 1.54) is 56.1 Å². The smallest absolute Gasteiger partial charge is 0.303 e. The molecule has 0 spiro atoms. The van der Waals surface area contributed by atoms with Crippen LogP contribution in [0.1, 0.15) is 140 Å². The fraction of sp³-hybridized carbons (Fsp3) is 0.742. The van der Waals surface area contributed by atoms with Crippen molar-refractivity contribution in [2.75, 3.05) is 6.61 Å². The second-order valence-electron chi connectivity index (χ2n) is 10.2. The zero-order valence-electron chi connectivity index (χ0n) is 22.9. The van der Waals surface area contributed by atoms with Gasteiger partial charge in [-0.15, -0.1) is 0 Å². The van der Waals surface area contributed by atoms with Crippen molar-refractivity contribution in [3.63, 3.8) is 0 Å². The third kappa shape index (κ3) is 17.4. The van der Waals surface area contributed by atoms with Crippen molar-refractivity contribution >= 4 is 11.9 Å². The van der Waals surface area contributed by atoms with E-state index in [-0.39, 0.29) is 12.8 Å². The van der Waals surface area contributed by atoms with Crippen LogP contribution in [-0.4, -0.2) is 28.8 Å². The lowest BCUT2D eigenvalue weighted by molar-refractivity contribution is -0.138. The highest BCUT2D eigenvalue weighted by Gasteiger charge is 2.10. The number of carbonyl (C=O) groups is 2. The number of hydrogen-bond acceptors (Lipinski definition) is 3. The van der Waals surface area contributed by atoms with Crippen molar-refractivity contribution in [2.45, 2.75) is 142 Å². The molecule has 0 amide bonds. The molecular weight excluding hydrogens is 452 g/mol. The van der Waals surface area contributed by atoms with Crippen LogP contribution in [0.2, 0.25) is 0 Å². The molecule has 0 aliphatic heterocycles. The summed E-state index contributed by atoms with van der Waals surface area (Å²) < 4.78 is 6.28. The van der Waals surface area contributed by atoms with E-state index in [2.05, 4.69) is 25.1 Å². The zero-order valence-corrected chi connectivity index (χ0v) is 22.9. The van der Waals surface area contributed by atoms with E-state index in [4.69, 9.17) is 14.9 Å². The number of ether oxygens (including phenoxy) is 1. The van der Waals surface area contributed by atoms with Gasteiger partial charge < -0.3 is 14.9 Å². The monoisotopic (exact) mass is 504 g/mol. The summed E-state index contributed by atoms with van der Waals surface area (Å²) in [6, 6.07) is 6.54. The average molecular weight is 505 g/mol. The summed E-state index contributed by atoms with van der Waals surface area (Å²) in [5.41, 5.74) is 2.81. The molecule has 0 fully saturated rings. The van der Waals surface area contributed by atoms with Gasteiger partial charge in [0.1, 0.15) is 5.75 Å². The number of carboxylic acids is 2. The first kappa shape index (κ1) is 32.0. The lowest BCUT2D eigenvalue weighted by Gasteiger charge is -2.16. The van der Waals surface area contributed by atoms with Crippen LogP contribution in [0.4, 0.5) is 0 Å². The van der Waals surface area contributed by atoms with Crippen molar-refractivity contribution in [3.05, 3.63) is 29.3 Å². The minimum absolute atomic E-state index is 0.287. The van der Waals surface area contributed by atoms with Crippen molar-refractivity contribution < 1.29 is 24.5 Å². The number of unbranched alkanes of at least 4 members (excludes halogenated alkanes) is 14. The maximum absolute atomic E-state index is 10.6. The van der Waals surface area contributed by atoms with Gasteiger partial charge >= 0.3 is 11.9 Å². The second kappa shape index (κ2) is 22.2. The molecule has 0 saturated heterocycles. The van der Waals surface area contributed by atoms with E-state index < -0.39 is 11.9 Å². The Balaban J connectivity index is 2.49. The molecule has 0 heterocycles. The fourth-order valence-corrected chi connectivity index (χ4v) is 4.74. The van der Waals surface area contributed by atoms with Gasteiger partial charge in [0.25, 0.3) is 0 Å².